The zero-order chi connectivity index (χ0) is 22.8. The SMILES string of the molecule is Cc1ccc(CCNC(=O)c2c(-c3cccc(C(F)(F)F)c3)cnc(Cl)c2C)c(C)c1. The van der Waals surface area contributed by atoms with E-state index in [4.69, 9.17) is 11.6 Å². The number of nitrogens with one attached hydrogen (secondary N) is 1. The summed E-state index contributed by atoms with van der Waals surface area (Å²) in [5.41, 5.74) is 3.83. The molecule has 0 atom stereocenters. The van der Waals surface area contributed by atoms with Crippen molar-refractivity contribution in [2.75, 3.05) is 6.54 Å². The van der Waals surface area contributed by atoms with Gasteiger partial charge in [-0.3, -0.25) is 4.79 Å². The predicted octanol–water partition coefficient (Wildman–Crippen LogP) is 6.32. The lowest BCUT2D eigenvalue weighted by atomic mass is 9.96. The molecule has 3 rings (SSSR count). The molecule has 162 valence electrons. The van der Waals surface area contributed by atoms with E-state index in [0.717, 1.165) is 28.8 Å². The van der Waals surface area contributed by atoms with Crippen LogP contribution >= 0.6 is 11.6 Å². The van der Waals surface area contributed by atoms with E-state index in [9.17, 15) is 18.0 Å². The first-order valence-corrected chi connectivity index (χ1v) is 10.1. The molecule has 1 heterocycles. The summed E-state index contributed by atoms with van der Waals surface area (Å²) in [4.78, 5) is 17.0. The van der Waals surface area contributed by atoms with Crippen LogP contribution in [0.4, 0.5) is 13.2 Å². The molecule has 0 aliphatic heterocycles. The molecule has 31 heavy (non-hydrogen) atoms. The summed E-state index contributed by atoms with van der Waals surface area (Å²) in [5, 5.41) is 3.00. The summed E-state index contributed by atoms with van der Waals surface area (Å²) in [6.07, 6.45) is -2.52. The van der Waals surface area contributed by atoms with Crippen LogP contribution in [-0.4, -0.2) is 17.4 Å². The van der Waals surface area contributed by atoms with Crippen molar-refractivity contribution in [1.29, 1.82) is 0 Å². The maximum absolute atomic E-state index is 13.2. The van der Waals surface area contributed by atoms with Crippen LogP contribution < -0.4 is 5.32 Å². The largest absolute Gasteiger partial charge is 0.416 e. The second-order valence-corrected chi connectivity index (χ2v) is 7.84. The zero-order valence-electron chi connectivity index (χ0n) is 17.4. The van der Waals surface area contributed by atoms with E-state index in [1.54, 1.807) is 6.92 Å². The first-order valence-electron chi connectivity index (χ1n) is 9.75. The Kier molecular flexibility index (Phi) is 6.70. The fourth-order valence-electron chi connectivity index (χ4n) is 3.49. The summed E-state index contributed by atoms with van der Waals surface area (Å²) in [5.74, 6) is -0.404. The first-order chi connectivity index (χ1) is 14.6. The fraction of sp³-hybridized carbons (Fsp3) is 0.250. The van der Waals surface area contributed by atoms with E-state index >= 15 is 0 Å². The van der Waals surface area contributed by atoms with Crippen LogP contribution in [0.5, 0.6) is 0 Å². The van der Waals surface area contributed by atoms with Gasteiger partial charge in [0.05, 0.1) is 11.1 Å². The van der Waals surface area contributed by atoms with E-state index in [1.807, 2.05) is 26.0 Å². The van der Waals surface area contributed by atoms with Gasteiger partial charge in [-0.2, -0.15) is 13.2 Å². The molecule has 3 aromatic rings. The summed E-state index contributed by atoms with van der Waals surface area (Å²) in [6, 6.07) is 11.0. The molecule has 0 bridgehead atoms. The number of alkyl halides is 3. The van der Waals surface area contributed by atoms with E-state index < -0.39 is 17.6 Å². The molecule has 0 radical (unpaired) electrons. The molecule has 2 aromatic carbocycles. The Morgan fingerprint density at radius 2 is 1.84 bits per heavy atom. The van der Waals surface area contributed by atoms with Gasteiger partial charge in [0.2, 0.25) is 0 Å². The van der Waals surface area contributed by atoms with Gasteiger partial charge in [-0.1, -0.05) is 47.5 Å². The van der Waals surface area contributed by atoms with E-state index in [-0.39, 0.29) is 16.3 Å². The molecule has 0 spiro atoms. The second kappa shape index (κ2) is 9.10. The Hall–Kier alpha value is -2.86. The standard InChI is InChI=1S/C24H22ClF3N2O/c1-14-7-8-17(15(2)11-14)9-10-29-23(31)21-16(3)22(25)30-13-20(21)18-5-4-6-19(12-18)24(26,27)28/h4-8,11-13H,9-10H2,1-3H3,(H,29,31). The monoisotopic (exact) mass is 446 g/mol. The van der Waals surface area contributed by atoms with Crippen molar-refractivity contribution >= 4 is 17.5 Å². The lowest BCUT2D eigenvalue weighted by molar-refractivity contribution is -0.137. The normalized spacial score (nSPS) is 11.5. The van der Waals surface area contributed by atoms with Crippen molar-refractivity contribution < 1.29 is 18.0 Å². The molecule has 3 nitrogen and oxygen atoms in total. The number of nitrogens with zero attached hydrogens (tertiary/aromatic N) is 1. The highest BCUT2D eigenvalue weighted by Gasteiger charge is 2.31. The maximum atomic E-state index is 13.2. The van der Waals surface area contributed by atoms with Crippen LogP contribution in [0.2, 0.25) is 5.15 Å². The molecule has 1 aromatic heterocycles. The number of carbonyl (C=O) groups is 1. The second-order valence-electron chi connectivity index (χ2n) is 7.48. The van der Waals surface area contributed by atoms with Crippen LogP contribution in [0.15, 0.2) is 48.7 Å². The molecule has 0 fully saturated rings. The highest BCUT2D eigenvalue weighted by molar-refractivity contribution is 6.30. The van der Waals surface area contributed by atoms with Crippen LogP contribution in [0.3, 0.4) is 0 Å². The lowest BCUT2D eigenvalue weighted by Crippen LogP contribution is -2.27. The number of hydrogen-bond acceptors (Lipinski definition) is 2. The van der Waals surface area contributed by atoms with Crippen molar-refractivity contribution in [2.45, 2.75) is 33.4 Å². The Balaban J connectivity index is 1.88. The van der Waals surface area contributed by atoms with Gasteiger partial charge < -0.3 is 5.32 Å². The topological polar surface area (TPSA) is 42.0 Å². The minimum atomic E-state index is -4.49. The summed E-state index contributed by atoms with van der Waals surface area (Å²) >= 11 is 6.12. The Morgan fingerprint density at radius 1 is 1.10 bits per heavy atom. The van der Waals surface area contributed by atoms with Gasteiger partial charge in [-0.05, 0) is 61.6 Å². The quantitative estimate of drug-likeness (QED) is 0.466. The lowest BCUT2D eigenvalue weighted by Gasteiger charge is -2.15. The highest BCUT2D eigenvalue weighted by atomic mass is 35.5. The average molecular weight is 447 g/mol. The number of benzene rings is 2. The number of aromatic nitrogens is 1. The van der Waals surface area contributed by atoms with E-state index in [2.05, 4.69) is 16.4 Å². The Morgan fingerprint density at radius 3 is 2.52 bits per heavy atom. The van der Waals surface area contributed by atoms with Gasteiger partial charge in [0.15, 0.2) is 0 Å². The van der Waals surface area contributed by atoms with Crippen molar-refractivity contribution in [3.8, 4) is 11.1 Å². The first kappa shape index (κ1) is 22.8. The number of halogens is 4. The van der Waals surface area contributed by atoms with Crippen molar-refractivity contribution in [2.24, 2.45) is 0 Å². The molecule has 0 saturated carbocycles. The number of amides is 1. The van der Waals surface area contributed by atoms with Gasteiger partial charge in [0.25, 0.3) is 5.91 Å². The van der Waals surface area contributed by atoms with Gasteiger partial charge in [-0.15, -0.1) is 0 Å². The van der Waals surface area contributed by atoms with Crippen molar-refractivity contribution in [3.63, 3.8) is 0 Å². The molecule has 0 aliphatic rings. The minimum Gasteiger partial charge on any atom is -0.352 e. The van der Waals surface area contributed by atoms with Gasteiger partial charge >= 0.3 is 6.18 Å². The third kappa shape index (κ3) is 5.25. The summed E-state index contributed by atoms with van der Waals surface area (Å²) in [6.45, 7) is 6.04. The van der Waals surface area contributed by atoms with Gasteiger partial charge in [0, 0.05) is 18.3 Å². The predicted molar refractivity (Wildman–Crippen MR) is 116 cm³/mol. The smallest absolute Gasteiger partial charge is 0.352 e. The number of hydrogen-bond donors (Lipinski definition) is 1. The van der Waals surface area contributed by atoms with Crippen LogP contribution in [0.25, 0.3) is 11.1 Å². The van der Waals surface area contributed by atoms with Crippen molar-refractivity contribution in [3.05, 3.63) is 87.2 Å². The zero-order valence-corrected chi connectivity index (χ0v) is 18.2. The molecular formula is C24H22ClF3N2O. The molecule has 0 unspecified atom stereocenters. The molecular weight excluding hydrogens is 425 g/mol. The number of carbonyl (C=O) groups excluding carboxylic acids is 1. The Bertz CT molecular complexity index is 1130. The Labute approximate surface area is 184 Å². The molecule has 0 aliphatic carbocycles. The van der Waals surface area contributed by atoms with E-state index in [1.165, 1.54) is 18.3 Å². The van der Waals surface area contributed by atoms with Crippen molar-refractivity contribution in [1.82, 2.24) is 10.3 Å². The number of aryl methyl sites for hydroxylation is 2. The number of pyridine rings is 1. The molecule has 7 heteroatoms. The third-order valence-electron chi connectivity index (χ3n) is 5.17. The third-order valence-corrected chi connectivity index (χ3v) is 5.55. The molecule has 0 saturated heterocycles. The highest BCUT2D eigenvalue weighted by Crippen LogP contribution is 2.34. The maximum Gasteiger partial charge on any atom is 0.416 e. The minimum absolute atomic E-state index is 0.134. The van der Waals surface area contributed by atoms with Gasteiger partial charge in [-0.25, -0.2) is 4.98 Å². The average Bonchev–Trinajstić information content (AvgIpc) is 2.71. The molecule has 1 N–H and O–H groups in total. The van der Waals surface area contributed by atoms with Gasteiger partial charge in [0.1, 0.15) is 5.15 Å². The fourth-order valence-corrected chi connectivity index (χ4v) is 3.63. The molecule has 1 amide bonds. The summed E-state index contributed by atoms with van der Waals surface area (Å²) in [7, 11) is 0. The van der Waals surface area contributed by atoms with E-state index in [0.29, 0.717) is 24.1 Å². The van der Waals surface area contributed by atoms with Crippen LogP contribution in [0, 0.1) is 20.8 Å². The van der Waals surface area contributed by atoms with Crippen LogP contribution in [0.1, 0.15) is 38.2 Å². The summed E-state index contributed by atoms with van der Waals surface area (Å²) < 4.78 is 39.5. The van der Waals surface area contributed by atoms with Crippen LogP contribution in [-0.2, 0) is 12.6 Å². The number of rotatable bonds is 5.